The van der Waals surface area contributed by atoms with Gasteiger partial charge in [-0.05, 0) is 39.0 Å². The van der Waals surface area contributed by atoms with Gasteiger partial charge in [0.15, 0.2) is 5.75 Å². The first kappa shape index (κ1) is 10.6. The van der Waals surface area contributed by atoms with Gasteiger partial charge in [0.1, 0.15) is 0 Å². The van der Waals surface area contributed by atoms with Crippen molar-refractivity contribution in [3.63, 3.8) is 0 Å². The van der Waals surface area contributed by atoms with Crippen molar-refractivity contribution in [3.05, 3.63) is 29.8 Å². The Morgan fingerprint density at radius 1 is 1.29 bits per heavy atom. The van der Waals surface area contributed by atoms with Gasteiger partial charge >= 0.3 is 0 Å². The molecule has 0 aromatic heterocycles. The number of carbonyl (C=O) groups is 1. The van der Waals surface area contributed by atoms with Crippen LogP contribution < -0.4 is 5.32 Å². The van der Waals surface area contributed by atoms with Crippen LogP contribution in [0.15, 0.2) is 24.3 Å². The lowest BCUT2D eigenvalue weighted by Crippen LogP contribution is -2.40. The highest BCUT2D eigenvalue weighted by molar-refractivity contribution is 5.94. The van der Waals surface area contributed by atoms with Gasteiger partial charge in [0.25, 0.3) is 5.91 Å². The van der Waals surface area contributed by atoms with E-state index in [4.69, 9.17) is 0 Å². The molecule has 1 aromatic carbocycles. The maximum atomic E-state index is 11.6. The van der Waals surface area contributed by atoms with Gasteiger partial charge in [-0.3, -0.25) is 9.90 Å². The smallest absolute Gasteiger partial charge is 0.251 e. The Hall–Kier alpha value is -1.51. The largest absolute Gasteiger partial charge is 0.347 e. The molecule has 0 aliphatic rings. The molecule has 1 rings (SSSR count). The predicted molar refractivity (Wildman–Crippen MR) is 53.8 cm³/mol. The van der Waals surface area contributed by atoms with Crippen LogP contribution in [0.5, 0.6) is 5.75 Å². The molecule has 3 nitrogen and oxygen atoms in total. The summed E-state index contributed by atoms with van der Waals surface area (Å²) in [6.45, 7) is 5.68. The van der Waals surface area contributed by atoms with Crippen LogP contribution in [0.3, 0.4) is 0 Å². The van der Waals surface area contributed by atoms with Gasteiger partial charge < -0.3 is 5.32 Å². The van der Waals surface area contributed by atoms with Crippen molar-refractivity contribution in [3.8, 4) is 5.75 Å². The zero-order valence-electron chi connectivity index (χ0n) is 8.63. The summed E-state index contributed by atoms with van der Waals surface area (Å²) in [5, 5.41) is 13.8. The Bertz CT molecular complexity index is 339. The topological polar surface area (TPSA) is 49.0 Å². The molecule has 1 N–H and O–H groups in total. The number of amides is 1. The van der Waals surface area contributed by atoms with E-state index in [-0.39, 0.29) is 17.2 Å². The fourth-order valence-corrected chi connectivity index (χ4v) is 1.05. The van der Waals surface area contributed by atoms with Crippen molar-refractivity contribution >= 4 is 5.91 Å². The van der Waals surface area contributed by atoms with E-state index < -0.39 is 0 Å². The first-order valence-electron chi connectivity index (χ1n) is 4.48. The second-order valence-electron chi connectivity index (χ2n) is 4.23. The first-order valence-corrected chi connectivity index (χ1v) is 4.48. The van der Waals surface area contributed by atoms with E-state index in [2.05, 4.69) is 5.32 Å². The van der Waals surface area contributed by atoms with E-state index in [1.54, 1.807) is 12.1 Å². The van der Waals surface area contributed by atoms with Gasteiger partial charge in [0.05, 0.1) is 0 Å². The van der Waals surface area contributed by atoms with Gasteiger partial charge in [-0.2, -0.15) is 0 Å². The molecule has 0 atom stereocenters. The minimum atomic E-state index is -0.282. The van der Waals surface area contributed by atoms with E-state index in [1.165, 1.54) is 12.1 Å². The van der Waals surface area contributed by atoms with E-state index >= 15 is 0 Å². The number of hydrogen-bond acceptors (Lipinski definition) is 1. The molecular formula is C11H14NO2. The van der Waals surface area contributed by atoms with Crippen molar-refractivity contribution in [2.24, 2.45) is 0 Å². The summed E-state index contributed by atoms with van der Waals surface area (Å²) < 4.78 is 0. The summed E-state index contributed by atoms with van der Waals surface area (Å²) >= 11 is 0. The summed E-state index contributed by atoms with van der Waals surface area (Å²) in [6.07, 6.45) is 0. The van der Waals surface area contributed by atoms with Crippen molar-refractivity contribution in [1.29, 1.82) is 0 Å². The van der Waals surface area contributed by atoms with Crippen LogP contribution in [-0.4, -0.2) is 11.4 Å². The van der Waals surface area contributed by atoms with Gasteiger partial charge in [0.2, 0.25) is 0 Å². The Morgan fingerprint density at radius 3 is 2.43 bits per heavy atom. The maximum absolute atomic E-state index is 11.6. The maximum Gasteiger partial charge on any atom is 0.251 e. The molecule has 0 saturated heterocycles. The third-order valence-electron chi connectivity index (χ3n) is 1.58. The molecule has 75 valence electrons. The summed E-state index contributed by atoms with van der Waals surface area (Å²) in [5.74, 6) is -0.359. The van der Waals surface area contributed by atoms with Crippen LogP contribution in [-0.2, 0) is 5.11 Å². The van der Waals surface area contributed by atoms with Crippen molar-refractivity contribution < 1.29 is 9.90 Å². The normalized spacial score (nSPS) is 11.1. The highest BCUT2D eigenvalue weighted by atomic mass is 16.3. The van der Waals surface area contributed by atoms with Crippen LogP contribution in [0.1, 0.15) is 31.1 Å². The molecule has 0 bridgehead atoms. The Labute approximate surface area is 83.8 Å². The van der Waals surface area contributed by atoms with E-state index in [0.29, 0.717) is 5.56 Å². The van der Waals surface area contributed by atoms with Gasteiger partial charge in [-0.1, -0.05) is 6.07 Å². The van der Waals surface area contributed by atoms with Crippen molar-refractivity contribution in [2.45, 2.75) is 26.3 Å². The van der Waals surface area contributed by atoms with Crippen LogP contribution >= 0.6 is 0 Å². The fourth-order valence-electron chi connectivity index (χ4n) is 1.05. The standard InChI is InChI=1S/C11H14NO2/c1-11(2,3)12-10(14)8-5-4-6-9(13)7-8/h4-7H,1-3H3,(H,12,14). The molecule has 1 aromatic rings. The summed E-state index contributed by atoms with van der Waals surface area (Å²) in [4.78, 5) is 11.6. The number of carbonyl (C=O) groups excluding carboxylic acids is 1. The zero-order chi connectivity index (χ0) is 10.8. The average molecular weight is 192 g/mol. The Balaban J connectivity index is 2.80. The lowest BCUT2D eigenvalue weighted by molar-refractivity contribution is 0.0919. The Morgan fingerprint density at radius 2 is 1.93 bits per heavy atom. The predicted octanol–water partition coefficient (Wildman–Crippen LogP) is 2.36. The molecule has 1 amide bonds. The second-order valence-corrected chi connectivity index (χ2v) is 4.23. The van der Waals surface area contributed by atoms with Gasteiger partial charge in [-0.15, -0.1) is 0 Å². The highest BCUT2D eigenvalue weighted by Gasteiger charge is 2.15. The zero-order valence-corrected chi connectivity index (χ0v) is 8.63. The Kier molecular flexibility index (Phi) is 2.79. The average Bonchev–Trinajstić information content (AvgIpc) is 2.01. The molecule has 3 heteroatoms. The lowest BCUT2D eigenvalue weighted by Gasteiger charge is -2.20. The minimum absolute atomic E-state index is 0.147. The SMILES string of the molecule is CC(C)(C)NC(=O)c1cccc([O])c1. The third-order valence-corrected chi connectivity index (χ3v) is 1.58. The molecule has 0 heterocycles. The lowest BCUT2D eigenvalue weighted by atomic mass is 10.1. The van der Waals surface area contributed by atoms with Gasteiger partial charge in [0, 0.05) is 11.1 Å². The van der Waals surface area contributed by atoms with Crippen LogP contribution in [0, 0.1) is 0 Å². The molecule has 0 fully saturated rings. The van der Waals surface area contributed by atoms with E-state index in [0.717, 1.165) is 0 Å². The summed E-state index contributed by atoms with van der Waals surface area (Å²) in [7, 11) is 0. The van der Waals surface area contributed by atoms with E-state index in [1.807, 2.05) is 20.8 Å². The molecule has 0 spiro atoms. The molecular weight excluding hydrogens is 178 g/mol. The molecule has 0 saturated carbocycles. The van der Waals surface area contributed by atoms with Crippen LogP contribution in [0.25, 0.3) is 0 Å². The third kappa shape index (κ3) is 3.09. The van der Waals surface area contributed by atoms with Crippen LogP contribution in [0.4, 0.5) is 0 Å². The summed E-state index contributed by atoms with van der Waals surface area (Å²) in [5.41, 5.74) is 0.128. The van der Waals surface area contributed by atoms with Crippen LogP contribution in [0.2, 0.25) is 0 Å². The molecule has 0 unspecified atom stereocenters. The monoisotopic (exact) mass is 192 g/mol. The molecule has 1 radical (unpaired) electrons. The first-order chi connectivity index (χ1) is 6.38. The number of nitrogens with one attached hydrogen (secondary N) is 1. The quantitative estimate of drug-likeness (QED) is 0.729. The number of rotatable bonds is 1. The minimum Gasteiger partial charge on any atom is -0.347 e. The highest BCUT2D eigenvalue weighted by Crippen LogP contribution is 2.12. The second kappa shape index (κ2) is 3.70. The van der Waals surface area contributed by atoms with Gasteiger partial charge in [-0.25, -0.2) is 0 Å². The molecule has 0 aliphatic heterocycles. The van der Waals surface area contributed by atoms with Crippen molar-refractivity contribution in [2.75, 3.05) is 0 Å². The van der Waals surface area contributed by atoms with E-state index in [9.17, 15) is 9.90 Å². The van der Waals surface area contributed by atoms with Crippen molar-refractivity contribution in [1.82, 2.24) is 5.32 Å². The molecule has 14 heavy (non-hydrogen) atoms. The number of hydrogen-bond donors (Lipinski definition) is 1. The summed E-state index contributed by atoms with van der Waals surface area (Å²) in [6, 6.07) is 5.97. The molecule has 0 aliphatic carbocycles. The number of benzene rings is 1. The fraction of sp³-hybridized carbons (Fsp3) is 0.364.